The van der Waals surface area contributed by atoms with Crippen LogP contribution in [0, 0.1) is 0 Å². The Bertz CT molecular complexity index is 558. The molecular weight excluding hydrogens is 282 g/mol. The number of aryl methyl sites for hydroxylation is 1. The van der Waals surface area contributed by atoms with E-state index in [4.69, 9.17) is 16.3 Å². The molecular formula is C13H18ClN3OS. The third-order valence-corrected chi connectivity index (χ3v) is 4.06. The summed E-state index contributed by atoms with van der Waals surface area (Å²) in [5.41, 5.74) is 0. The van der Waals surface area contributed by atoms with Gasteiger partial charge < -0.3 is 10.1 Å². The van der Waals surface area contributed by atoms with Crippen molar-refractivity contribution in [2.75, 3.05) is 18.5 Å². The Hall–Kier alpha value is -0.910. The maximum atomic E-state index is 5.98. The van der Waals surface area contributed by atoms with Crippen LogP contribution in [0.5, 0.6) is 0 Å². The van der Waals surface area contributed by atoms with Crippen molar-refractivity contribution in [1.29, 1.82) is 0 Å². The Kier molecular flexibility index (Phi) is 4.96. The number of anilines is 1. The molecule has 1 atom stereocenters. The van der Waals surface area contributed by atoms with Crippen molar-refractivity contribution in [2.24, 2.45) is 0 Å². The minimum absolute atomic E-state index is 0.180. The molecule has 2 aromatic heterocycles. The zero-order chi connectivity index (χ0) is 13.8. The molecule has 1 N–H and O–H groups in total. The van der Waals surface area contributed by atoms with Crippen LogP contribution in [0.1, 0.15) is 25.6 Å². The molecule has 0 saturated carbocycles. The van der Waals surface area contributed by atoms with Gasteiger partial charge in [0.05, 0.1) is 12.0 Å². The molecule has 0 aliphatic carbocycles. The summed E-state index contributed by atoms with van der Waals surface area (Å²) in [6, 6.07) is 2.31. The van der Waals surface area contributed by atoms with E-state index in [2.05, 4.69) is 35.2 Å². The smallest absolute Gasteiger partial charge is 0.225 e. The van der Waals surface area contributed by atoms with Gasteiger partial charge in [0.2, 0.25) is 5.28 Å². The summed E-state index contributed by atoms with van der Waals surface area (Å²) < 4.78 is 5.40. The summed E-state index contributed by atoms with van der Waals surface area (Å²) in [6.45, 7) is 7.53. The van der Waals surface area contributed by atoms with Crippen molar-refractivity contribution < 1.29 is 4.74 Å². The molecule has 0 aliphatic rings. The van der Waals surface area contributed by atoms with Crippen LogP contribution in [0.4, 0.5) is 5.82 Å². The molecule has 2 rings (SSSR count). The standard InChI is InChI=1S/C13H18ClN3OS/c1-4-9-6-10-11(15-8(3)7-18-5-2)16-13(14)17-12(10)19-9/h6,8H,4-5,7H2,1-3H3,(H,15,16,17). The van der Waals surface area contributed by atoms with Gasteiger partial charge in [0, 0.05) is 17.5 Å². The van der Waals surface area contributed by atoms with Crippen LogP contribution >= 0.6 is 22.9 Å². The van der Waals surface area contributed by atoms with Gasteiger partial charge in [0.25, 0.3) is 0 Å². The molecule has 0 bridgehead atoms. The largest absolute Gasteiger partial charge is 0.380 e. The van der Waals surface area contributed by atoms with Crippen molar-refractivity contribution in [3.8, 4) is 0 Å². The quantitative estimate of drug-likeness (QED) is 0.825. The summed E-state index contributed by atoms with van der Waals surface area (Å²) in [5.74, 6) is 0.790. The number of hydrogen-bond donors (Lipinski definition) is 1. The SMILES string of the molecule is CCOCC(C)Nc1nc(Cl)nc2sc(CC)cc12. The van der Waals surface area contributed by atoms with Gasteiger partial charge in [-0.2, -0.15) is 0 Å². The first kappa shape index (κ1) is 14.5. The second kappa shape index (κ2) is 6.50. The van der Waals surface area contributed by atoms with E-state index in [0.29, 0.717) is 13.2 Å². The minimum Gasteiger partial charge on any atom is -0.380 e. The van der Waals surface area contributed by atoms with E-state index in [9.17, 15) is 0 Å². The Labute approximate surface area is 122 Å². The first-order valence-electron chi connectivity index (χ1n) is 6.44. The molecule has 0 amide bonds. The van der Waals surface area contributed by atoms with E-state index < -0.39 is 0 Å². The van der Waals surface area contributed by atoms with Gasteiger partial charge >= 0.3 is 0 Å². The molecule has 0 spiro atoms. The lowest BCUT2D eigenvalue weighted by molar-refractivity contribution is 0.141. The molecule has 0 radical (unpaired) electrons. The molecule has 0 aromatic carbocycles. The van der Waals surface area contributed by atoms with E-state index in [0.717, 1.165) is 22.5 Å². The van der Waals surface area contributed by atoms with E-state index in [1.807, 2.05) is 6.92 Å². The van der Waals surface area contributed by atoms with Gasteiger partial charge in [0.15, 0.2) is 0 Å². The number of hydrogen-bond acceptors (Lipinski definition) is 5. The van der Waals surface area contributed by atoms with Crippen molar-refractivity contribution in [1.82, 2.24) is 9.97 Å². The van der Waals surface area contributed by atoms with Gasteiger partial charge in [-0.3, -0.25) is 0 Å². The zero-order valence-corrected chi connectivity index (χ0v) is 12.9. The summed E-state index contributed by atoms with van der Waals surface area (Å²) in [6.07, 6.45) is 0.993. The second-order valence-electron chi connectivity index (χ2n) is 4.33. The van der Waals surface area contributed by atoms with Gasteiger partial charge in [-0.1, -0.05) is 6.92 Å². The highest BCUT2D eigenvalue weighted by atomic mass is 35.5. The maximum Gasteiger partial charge on any atom is 0.225 e. The van der Waals surface area contributed by atoms with Crippen molar-refractivity contribution >= 4 is 39.0 Å². The fourth-order valence-corrected chi connectivity index (χ4v) is 2.99. The third-order valence-electron chi connectivity index (χ3n) is 2.72. The Balaban J connectivity index is 2.28. The van der Waals surface area contributed by atoms with E-state index in [1.54, 1.807) is 11.3 Å². The van der Waals surface area contributed by atoms with E-state index in [-0.39, 0.29) is 11.3 Å². The number of ether oxygens (including phenoxy) is 1. The molecule has 19 heavy (non-hydrogen) atoms. The molecule has 1 unspecified atom stereocenters. The molecule has 6 heteroatoms. The average molecular weight is 300 g/mol. The zero-order valence-electron chi connectivity index (χ0n) is 11.4. The highest BCUT2D eigenvalue weighted by Gasteiger charge is 2.12. The molecule has 2 aromatic rings. The lowest BCUT2D eigenvalue weighted by atomic mass is 10.3. The fourth-order valence-electron chi connectivity index (χ4n) is 1.80. The first-order chi connectivity index (χ1) is 9.13. The number of halogens is 1. The van der Waals surface area contributed by atoms with Crippen LogP contribution in [0.15, 0.2) is 6.07 Å². The van der Waals surface area contributed by atoms with Crippen LogP contribution in [-0.4, -0.2) is 29.2 Å². The third kappa shape index (κ3) is 3.55. The van der Waals surface area contributed by atoms with Crippen LogP contribution in [0.2, 0.25) is 5.28 Å². The van der Waals surface area contributed by atoms with E-state index >= 15 is 0 Å². The molecule has 0 saturated heterocycles. The van der Waals surface area contributed by atoms with Crippen LogP contribution in [0.3, 0.4) is 0 Å². The molecule has 0 aliphatic heterocycles. The summed E-state index contributed by atoms with van der Waals surface area (Å²) in [7, 11) is 0. The molecule has 2 heterocycles. The minimum atomic E-state index is 0.180. The maximum absolute atomic E-state index is 5.98. The number of nitrogens with one attached hydrogen (secondary N) is 1. The topological polar surface area (TPSA) is 47.0 Å². The Morgan fingerprint density at radius 3 is 2.89 bits per heavy atom. The normalized spacial score (nSPS) is 12.8. The molecule has 104 valence electrons. The highest BCUT2D eigenvalue weighted by molar-refractivity contribution is 7.18. The first-order valence-corrected chi connectivity index (χ1v) is 7.63. The van der Waals surface area contributed by atoms with Crippen molar-refractivity contribution in [3.63, 3.8) is 0 Å². The predicted molar refractivity (Wildman–Crippen MR) is 81.4 cm³/mol. The number of rotatable bonds is 6. The number of aromatic nitrogens is 2. The average Bonchev–Trinajstić information content (AvgIpc) is 2.79. The number of nitrogens with zero attached hydrogens (tertiary/aromatic N) is 2. The van der Waals surface area contributed by atoms with Gasteiger partial charge in [-0.25, -0.2) is 9.97 Å². The fraction of sp³-hybridized carbons (Fsp3) is 0.538. The second-order valence-corrected chi connectivity index (χ2v) is 5.78. The van der Waals surface area contributed by atoms with Gasteiger partial charge in [-0.05, 0) is 37.9 Å². The Morgan fingerprint density at radius 2 is 2.21 bits per heavy atom. The predicted octanol–water partition coefficient (Wildman–Crippen LogP) is 3.74. The van der Waals surface area contributed by atoms with Crippen molar-refractivity contribution in [3.05, 3.63) is 16.2 Å². The molecule has 0 fully saturated rings. The van der Waals surface area contributed by atoms with Crippen LogP contribution in [-0.2, 0) is 11.2 Å². The Morgan fingerprint density at radius 1 is 1.42 bits per heavy atom. The van der Waals surface area contributed by atoms with Gasteiger partial charge in [0.1, 0.15) is 10.6 Å². The number of fused-ring (bicyclic) bond motifs is 1. The highest BCUT2D eigenvalue weighted by Crippen LogP contribution is 2.30. The summed E-state index contributed by atoms with van der Waals surface area (Å²) >= 11 is 7.64. The monoisotopic (exact) mass is 299 g/mol. The van der Waals surface area contributed by atoms with Crippen molar-refractivity contribution in [2.45, 2.75) is 33.2 Å². The van der Waals surface area contributed by atoms with Gasteiger partial charge in [-0.15, -0.1) is 11.3 Å². The molecule has 4 nitrogen and oxygen atoms in total. The van der Waals surface area contributed by atoms with Crippen LogP contribution < -0.4 is 5.32 Å². The summed E-state index contributed by atoms with van der Waals surface area (Å²) in [4.78, 5) is 10.8. The van der Waals surface area contributed by atoms with E-state index in [1.165, 1.54) is 4.88 Å². The lowest BCUT2D eigenvalue weighted by Crippen LogP contribution is -2.22. The van der Waals surface area contributed by atoms with Crippen LogP contribution in [0.25, 0.3) is 10.2 Å². The number of thiophene rings is 1. The summed E-state index contributed by atoms with van der Waals surface area (Å²) in [5, 5.41) is 4.66. The lowest BCUT2D eigenvalue weighted by Gasteiger charge is -2.14.